The summed E-state index contributed by atoms with van der Waals surface area (Å²) in [5, 5.41) is 2.64. The molecule has 3 rings (SSSR count). The molecular weight excluding hydrogens is 333 g/mol. The van der Waals surface area contributed by atoms with Crippen molar-refractivity contribution in [2.24, 2.45) is 5.92 Å². The van der Waals surface area contributed by atoms with Gasteiger partial charge in [-0.25, -0.2) is 4.39 Å². The monoisotopic (exact) mass is 357 g/mol. The molecule has 1 fully saturated rings. The Balaban J connectivity index is 1.91. The molecule has 1 atom stereocenters. The van der Waals surface area contributed by atoms with E-state index in [4.69, 9.17) is 0 Å². The van der Waals surface area contributed by atoms with Crippen LogP contribution in [0.4, 0.5) is 10.1 Å². The average molecular weight is 357 g/mol. The number of carbonyl (C=O) groups is 1. The molecule has 2 aromatic rings. The standard InChI is InChI=1S/C20H24FN3O2/c1-2-3-19(25)23-17-12-15(7-8-16(17)21)18(9-6-14-4-5-14)24-11-10-22-13-20(24)26/h7-8,10-14,18H,2-6,9H2,1H3,(H,23,25). The van der Waals surface area contributed by atoms with Crippen LogP contribution in [0.3, 0.4) is 0 Å². The van der Waals surface area contributed by atoms with E-state index in [1.807, 2.05) is 6.92 Å². The molecule has 0 radical (unpaired) electrons. The molecule has 1 N–H and O–H groups in total. The van der Waals surface area contributed by atoms with Crippen LogP contribution in [0.25, 0.3) is 0 Å². The van der Waals surface area contributed by atoms with Crippen molar-refractivity contribution in [1.82, 2.24) is 9.55 Å². The summed E-state index contributed by atoms with van der Waals surface area (Å²) in [5.41, 5.74) is 0.792. The number of amides is 1. The van der Waals surface area contributed by atoms with Gasteiger partial charge in [0, 0.05) is 18.8 Å². The zero-order chi connectivity index (χ0) is 18.5. The van der Waals surface area contributed by atoms with Crippen LogP contribution in [0, 0.1) is 11.7 Å². The summed E-state index contributed by atoms with van der Waals surface area (Å²) in [6, 6.07) is 4.49. The van der Waals surface area contributed by atoms with Gasteiger partial charge >= 0.3 is 0 Å². The first kappa shape index (κ1) is 18.3. The van der Waals surface area contributed by atoms with Gasteiger partial charge in [0.25, 0.3) is 5.56 Å². The maximum atomic E-state index is 14.1. The van der Waals surface area contributed by atoms with E-state index in [2.05, 4.69) is 10.3 Å². The highest BCUT2D eigenvalue weighted by Gasteiger charge is 2.24. The number of anilines is 1. The van der Waals surface area contributed by atoms with Crippen molar-refractivity contribution in [3.63, 3.8) is 0 Å². The number of benzene rings is 1. The van der Waals surface area contributed by atoms with Crippen LogP contribution in [0.2, 0.25) is 0 Å². The summed E-state index contributed by atoms with van der Waals surface area (Å²) in [5.74, 6) is 0.0413. The lowest BCUT2D eigenvalue weighted by Gasteiger charge is -2.21. The number of rotatable bonds is 8. The van der Waals surface area contributed by atoms with Crippen LogP contribution in [-0.4, -0.2) is 15.5 Å². The largest absolute Gasteiger partial charge is 0.324 e. The lowest BCUT2D eigenvalue weighted by atomic mass is 9.99. The number of halogens is 1. The Hall–Kier alpha value is -2.50. The third-order valence-corrected chi connectivity index (χ3v) is 4.76. The maximum absolute atomic E-state index is 14.1. The summed E-state index contributed by atoms with van der Waals surface area (Å²) < 4.78 is 15.8. The van der Waals surface area contributed by atoms with Crippen molar-refractivity contribution in [1.29, 1.82) is 0 Å². The summed E-state index contributed by atoms with van der Waals surface area (Å²) in [4.78, 5) is 28.0. The Bertz CT molecular complexity index is 830. The van der Waals surface area contributed by atoms with Gasteiger partial charge in [-0.05, 0) is 42.9 Å². The predicted octanol–water partition coefficient (Wildman–Crippen LogP) is 3.90. The fraction of sp³-hybridized carbons (Fsp3) is 0.450. The molecule has 1 aliphatic carbocycles. The summed E-state index contributed by atoms with van der Waals surface area (Å²) in [7, 11) is 0. The second-order valence-corrected chi connectivity index (χ2v) is 6.90. The molecule has 0 saturated heterocycles. The number of nitrogens with zero attached hydrogens (tertiary/aromatic N) is 2. The number of hydrogen-bond donors (Lipinski definition) is 1. The molecule has 26 heavy (non-hydrogen) atoms. The molecular formula is C20H24FN3O2. The SMILES string of the molecule is CCCC(=O)Nc1cc(C(CCC2CC2)n2ccncc2=O)ccc1F. The molecule has 1 aromatic carbocycles. The van der Waals surface area contributed by atoms with Crippen molar-refractivity contribution < 1.29 is 9.18 Å². The lowest BCUT2D eigenvalue weighted by Crippen LogP contribution is -2.25. The van der Waals surface area contributed by atoms with E-state index in [0.717, 1.165) is 24.3 Å². The highest BCUT2D eigenvalue weighted by molar-refractivity contribution is 5.90. The number of carbonyl (C=O) groups excluding carboxylic acids is 1. The molecule has 6 heteroatoms. The van der Waals surface area contributed by atoms with Crippen molar-refractivity contribution >= 4 is 11.6 Å². The van der Waals surface area contributed by atoms with Crippen LogP contribution in [0.15, 0.2) is 41.6 Å². The van der Waals surface area contributed by atoms with E-state index in [-0.39, 0.29) is 23.2 Å². The Kier molecular flexibility index (Phi) is 5.81. The van der Waals surface area contributed by atoms with Crippen molar-refractivity contribution in [3.8, 4) is 0 Å². The van der Waals surface area contributed by atoms with E-state index in [0.29, 0.717) is 12.8 Å². The molecule has 138 valence electrons. The van der Waals surface area contributed by atoms with Gasteiger partial charge in [-0.2, -0.15) is 0 Å². The Morgan fingerprint density at radius 2 is 2.23 bits per heavy atom. The van der Waals surface area contributed by atoms with Gasteiger partial charge in [-0.3, -0.25) is 14.6 Å². The lowest BCUT2D eigenvalue weighted by molar-refractivity contribution is -0.116. The third kappa shape index (κ3) is 4.56. The van der Waals surface area contributed by atoms with E-state index >= 15 is 0 Å². The van der Waals surface area contributed by atoms with Gasteiger partial charge in [0.05, 0.1) is 17.9 Å². The van der Waals surface area contributed by atoms with Crippen LogP contribution in [0.5, 0.6) is 0 Å². The van der Waals surface area contributed by atoms with Gasteiger partial charge < -0.3 is 9.88 Å². The number of nitrogens with one attached hydrogen (secondary N) is 1. The minimum atomic E-state index is -0.471. The molecule has 1 saturated carbocycles. The van der Waals surface area contributed by atoms with Gasteiger partial charge in [0.15, 0.2) is 0 Å². The first-order chi connectivity index (χ1) is 12.6. The van der Waals surface area contributed by atoms with Crippen molar-refractivity contribution in [2.45, 2.75) is 51.5 Å². The first-order valence-electron chi connectivity index (χ1n) is 9.20. The fourth-order valence-electron chi connectivity index (χ4n) is 3.17. The van der Waals surface area contributed by atoms with Crippen molar-refractivity contribution in [3.05, 3.63) is 58.5 Å². The number of hydrogen-bond acceptors (Lipinski definition) is 3. The van der Waals surface area contributed by atoms with Gasteiger partial charge in [-0.1, -0.05) is 25.8 Å². The van der Waals surface area contributed by atoms with Crippen LogP contribution < -0.4 is 10.9 Å². The van der Waals surface area contributed by atoms with E-state index in [1.165, 1.54) is 25.1 Å². The highest BCUT2D eigenvalue weighted by atomic mass is 19.1. The maximum Gasteiger partial charge on any atom is 0.269 e. The van der Waals surface area contributed by atoms with E-state index < -0.39 is 5.82 Å². The summed E-state index contributed by atoms with van der Waals surface area (Å²) >= 11 is 0. The Morgan fingerprint density at radius 1 is 1.42 bits per heavy atom. The van der Waals surface area contributed by atoms with Crippen LogP contribution in [-0.2, 0) is 4.79 Å². The molecule has 0 spiro atoms. The van der Waals surface area contributed by atoms with E-state index in [1.54, 1.807) is 29.1 Å². The molecule has 1 amide bonds. The molecule has 1 unspecified atom stereocenters. The molecule has 1 heterocycles. The highest BCUT2D eigenvalue weighted by Crippen LogP contribution is 2.37. The molecule has 1 aromatic heterocycles. The molecule has 5 nitrogen and oxygen atoms in total. The molecule has 0 aliphatic heterocycles. The van der Waals surface area contributed by atoms with Crippen LogP contribution >= 0.6 is 0 Å². The first-order valence-corrected chi connectivity index (χ1v) is 9.20. The minimum absolute atomic E-state index is 0.166. The van der Waals surface area contributed by atoms with Gasteiger partial charge in [-0.15, -0.1) is 0 Å². The second-order valence-electron chi connectivity index (χ2n) is 6.90. The predicted molar refractivity (Wildman–Crippen MR) is 98.5 cm³/mol. The summed E-state index contributed by atoms with van der Waals surface area (Å²) in [6.45, 7) is 1.90. The van der Waals surface area contributed by atoms with Crippen molar-refractivity contribution in [2.75, 3.05) is 5.32 Å². The summed E-state index contributed by atoms with van der Waals surface area (Å²) in [6.07, 6.45) is 9.87. The van der Waals surface area contributed by atoms with Crippen LogP contribution in [0.1, 0.15) is 57.1 Å². The topological polar surface area (TPSA) is 64.0 Å². The number of aromatic nitrogens is 2. The Morgan fingerprint density at radius 3 is 2.92 bits per heavy atom. The minimum Gasteiger partial charge on any atom is -0.324 e. The zero-order valence-corrected chi connectivity index (χ0v) is 15.0. The Labute approximate surface area is 152 Å². The quantitative estimate of drug-likeness (QED) is 0.779. The third-order valence-electron chi connectivity index (χ3n) is 4.76. The average Bonchev–Trinajstić information content (AvgIpc) is 3.44. The zero-order valence-electron chi connectivity index (χ0n) is 15.0. The van der Waals surface area contributed by atoms with E-state index in [9.17, 15) is 14.0 Å². The molecule has 0 bridgehead atoms. The normalized spacial score (nSPS) is 14.8. The fourth-order valence-corrected chi connectivity index (χ4v) is 3.17. The second kappa shape index (κ2) is 8.25. The molecule has 1 aliphatic rings. The van der Waals surface area contributed by atoms with Gasteiger partial charge in [0.1, 0.15) is 5.82 Å². The van der Waals surface area contributed by atoms with Gasteiger partial charge in [0.2, 0.25) is 5.91 Å². The smallest absolute Gasteiger partial charge is 0.269 e.